The van der Waals surface area contributed by atoms with Gasteiger partial charge >= 0.3 is 0 Å². The van der Waals surface area contributed by atoms with E-state index in [0.29, 0.717) is 36.4 Å². The van der Waals surface area contributed by atoms with Crippen LogP contribution in [0.3, 0.4) is 0 Å². The van der Waals surface area contributed by atoms with Crippen molar-refractivity contribution in [3.8, 4) is 0 Å². The molecule has 1 fully saturated rings. The molecule has 2 aromatic rings. The molecule has 0 spiro atoms. The molecule has 8 nitrogen and oxygen atoms in total. The molecule has 1 aliphatic rings. The van der Waals surface area contributed by atoms with Gasteiger partial charge in [0.05, 0.1) is 0 Å². The van der Waals surface area contributed by atoms with Crippen LogP contribution in [0.4, 0.5) is 0 Å². The zero-order valence-electron chi connectivity index (χ0n) is 15.3. The zero-order chi connectivity index (χ0) is 18.0. The normalized spacial score (nSPS) is 19.4. The Hall–Kier alpha value is -2.22. The van der Waals surface area contributed by atoms with Crippen molar-refractivity contribution in [2.24, 2.45) is 13.0 Å². The van der Waals surface area contributed by atoms with Crippen LogP contribution in [0, 0.1) is 12.8 Å². The van der Waals surface area contributed by atoms with Crippen molar-refractivity contribution in [1.82, 2.24) is 29.7 Å². The standard InChI is InChI=1S/C17H26N6O2/c1-12(2)10-22-7-5-8-23(17(24)14-6-9-21(4)19-14)11-15(22)16-18-13(3)20-25-16/h6,9,12,15H,5,7-8,10-11H2,1-4H3. The topological polar surface area (TPSA) is 80.3 Å². The van der Waals surface area contributed by atoms with Crippen LogP contribution in [0.2, 0.25) is 0 Å². The van der Waals surface area contributed by atoms with Crippen LogP contribution in [0.5, 0.6) is 0 Å². The first kappa shape index (κ1) is 17.6. The van der Waals surface area contributed by atoms with Gasteiger partial charge in [-0.25, -0.2) is 0 Å². The van der Waals surface area contributed by atoms with E-state index in [-0.39, 0.29) is 11.9 Å². The minimum Gasteiger partial charge on any atom is -0.338 e. The Labute approximate surface area is 147 Å². The molecule has 1 aliphatic heterocycles. The second-order valence-electron chi connectivity index (χ2n) is 7.06. The lowest BCUT2D eigenvalue weighted by Crippen LogP contribution is -2.39. The van der Waals surface area contributed by atoms with E-state index < -0.39 is 0 Å². The highest BCUT2D eigenvalue weighted by Gasteiger charge is 2.33. The molecule has 0 aromatic carbocycles. The predicted molar refractivity (Wildman–Crippen MR) is 91.9 cm³/mol. The number of aromatic nitrogens is 4. The van der Waals surface area contributed by atoms with Crippen LogP contribution < -0.4 is 0 Å². The summed E-state index contributed by atoms with van der Waals surface area (Å²) in [6.07, 6.45) is 2.70. The van der Waals surface area contributed by atoms with Crippen molar-refractivity contribution in [1.29, 1.82) is 0 Å². The fourth-order valence-electron chi connectivity index (χ4n) is 3.28. The van der Waals surface area contributed by atoms with Gasteiger partial charge in [0, 0.05) is 39.4 Å². The quantitative estimate of drug-likeness (QED) is 0.837. The molecule has 3 heterocycles. The van der Waals surface area contributed by atoms with Gasteiger partial charge in [0.2, 0.25) is 5.89 Å². The highest BCUT2D eigenvalue weighted by Crippen LogP contribution is 2.25. The number of amides is 1. The Morgan fingerprint density at radius 2 is 2.20 bits per heavy atom. The molecule has 0 aliphatic carbocycles. The number of nitrogens with zero attached hydrogens (tertiary/aromatic N) is 6. The highest BCUT2D eigenvalue weighted by atomic mass is 16.5. The minimum absolute atomic E-state index is 0.0479. The van der Waals surface area contributed by atoms with Crippen LogP contribution in [-0.2, 0) is 7.05 Å². The minimum atomic E-state index is -0.0845. The third-order valence-corrected chi connectivity index (χ3v) is 4.36. The average Bonchev–Trinajstić information content (AvgIpc) is 3.11. The summed E-state index contributed by atoms with van der Waals surface area (Å²) in [4.78, 5) is 21.5. The van der Waals surface area contributed by atoms with Gasteiger partial charge in [0.25, 0.3) is 5.91 Å². The van der Waals surface area contributed by atoms with Crippen molar-refractivity contribution in [3.05, 3.63) is 29.7 Å². The van der Waals surface area contributed by atoms with E-state index in [1.165, 1.54) is 0 Å². The van der Waals surface area contributed by atoms with Gasteiger partial charge in [-0.3, -0.25) is 14.4 Å². The lowest BCUT2D eigenvalue weighted by Gasteiger charge is -2.30. The highest BCUT2D eigenvalue weighted by molar-refractivity contribution is 5.92. The molecule has 1 amide bonds. The van der Waals surface area contributed by atoms with Crippen LogP contribution in [0.25, 0.3) is 0 Å². The first-order chi connectivity index (χ1) is 11.9. The summed E-state index contributed by atoms with van der Waals surface area (Å²) in [6.45, 7) is 9.26. The van der Waals surface area contributed by atoms with E-state index in [1.807, 2.05) is 18.9 Å². The van der Waals surface area contributed by atoms with Crippen molar-refractivity contribution in [2.75, 3.05) is 26.2 Å². The third kappa shape index (κ3) is 4.07. The zero-order valence-corrected chi connectivity index (χ0v) is 15.3. The van der Waals surface area contributed by atoms with Crippen LogP contribution in [0.1, 0.15) is 48.5 Å². The van der Waals surface area contributed by atoms with Crippen LogP contribution >= 0.6 is 0 Å². The van der Waals surface area contributed by atoms with E-state index in [9.17, 15) is 4.79 Å². The number of carbonyl (C=O) groups excluding carboxylic acids is 1. The smallest absolute Gasteiger partial charge is 0.274 e. The molecular weight excluding hydrogens is 320 g/mol. The second kappa shape index (κ2) is 7.35. The fraction of sp³-hybridized carbons (Fsp3) is 0.647. The Balaban J connectivity index is 1.84. The van der Waals surface area contributed by atoms with Gasteiger partial charge < -0.3 is 9.42 Å². The maximum Gasteiger partial charge on any atom is 0.274 e. The summed E-state index contributed by atoms with van der Waals surface area (Å²) in [7, 11) is 1.81. The Kier molecular flexibility index (Phi) is 5.17. The molecule has 136 valence electrons. The molecule has 0 radical (unpaired) electrons. The van der Waals surface area contributed by atoms with Crippen molar-refractivity contribution < 1.29 is 9.32 Å². The third-order valence-electron chi connectivity index (χ3n) is 4.36. The monoisotopic (exact) mass is 346 g/mol. The van der Waals surface area contributed by atoms with E-state index in [2.05, 4.69) is 34.0 Å². The molecule has 0 N–H and O–H groups in total. The van der Waals surface area contributed by atoms with Gasteiger partial charge in [-0.15, -0.1) is 0 Å². The van der Waals surface area contributed by atoms with E-state index in [1.54, 1.807) is 16.9 Å². The number of hydrogen-bond acceptors (Lipinski definition) is 6. The molecule has 2 aromatic heterocycles. The largest absolute Gasteiger partial charge is 0.338 e. The number of aryl methyl sites for hydroxylation is 2. The number of carbonyl (C=O) groups is 1. The first-order valence-electron chi connectivity index (χ1n) is 8.77. The Morgan fingerprint density at radius 3 is 2.80 bits per heavy atom. The molecule has 0 bridgehead atoms. The molecule has 1 saturated heterocycles. The molecule has 8 heteroatoms. The van der Waals surface area contributed by atoms with Crippen molar-refractivity contribution in [3.63, 3.8) is 0 Å². The second-order valence-corrected chi connectivity index (χ2v) is 7.06. The predicted octanol–water partition coefficient (Wildman–Crippen LogP) is 1.66. The van der Waals surface area contributed by atoms with E-state index in [4.69, 9.17) is 4.52 Å². The lowest BCUT2D eigenvalue weighted by molar-refractivity contribution is 0.0702. The van der Waals surface area contributed by atoms with Gasteiger partial charge in [-0.05, 0) is 25.3 Å². The van der Waals surface area contributed by atoms with Crippen LogP contribution in [-0.4, -0.2) is 61.8 Å². The first-order valence-corrected chi connectivity index (χ1v) is 8.77. The van der Waals surface area contributed by atoms with Gasteiger partial charge in [-0.1, -0.05) is 19.0 Å². The summed E-state index contributed by atoms with van der Waals surface area (Å²) in [5.41, 5.74) is 0.472. The average molecular weight is 346 g/mol. The summed E-state index contributed by atoms with van der Waals surface area (Å²) >= 11 is 0. The fourth-order valence-corrected chi connectivity index (χ4v) is 3.28. The maximum absolute atomic E-state index is 12.8. The summed E-state index contributed by atoms with van der Waals surface area (Å²) in [5, 5.41) is 8.18. The molecule has 1 atom stereocenters. The molecule has 3 rings (SSSR count). The molecule has 1 unspecified atom stereocenters. The van der Waals surface area contributed by atoms with E-state index >= 15 is 0 Å². The maximum atomic E-state index is 12.8. The molecular formula is C17H26N6O2. The van der Waals surface area contributed by atoms with Gasteiger partial charge in [-0.2, -0.15) is 10.1 Å². The lowest BCUT2D eigenvalue weighted by atomic mass is 10.1. The van der Waals surface area contributed by atoms with Crippen molar-refractivity contribution >= 4 is 5.91 Å². The number of rotatable bonds is 4. The van der Waals surface area contributed by atoms with E-state index in [0.717, 1.165) is 19.5 Å². The van der Waals surface area contributed by atoms with Crippen molar-refractivity contribution in [2.45, 2.75) is 33.2 Å². The SMILES string of the molecule is Cc1noc(C2CN(C(=O)c3ccn(C)n3)CCCN2CC(C)C)n1. The Morgan fingerprint density at radius 1 is 1.40 bits per heavy atom. The molecule has 25 heavy (non-hydrogen) atoms. The van der Waals surface area contributed by atoms with Gasteiger partial charge in [0.15, 0.2) is 5.82 Å². The molecule has 0 saturated carbocycles. The Bertz CT molecular complexity index is 722. The number of hydrogen-bond donors (Lipinski definition) is 0. The summed E-state index contributed by atoms with van der Waals surface area (Å²) in [6, 6.07) is 1.67. The summed E-state index contributed by atoms with van der Waals surface area (Å²) < 4.78 is 7.10. The summed E-state index contributed by atoms with van der Waals surface area (Å²) in [5.74, 6) is 1.67. The van der Waals surface area contributed by atoms with Gasteiger partial charge in [0.1, 0.15) is 11.7 Å². The van der Waals surface area contributed by atoms with Crippen LogP contribution in [0.15, 0.2) is 16.8 Å².